The largest absolute Gasteiger partial charge is 0.506 e. The van der Waals surface area contributed by atoms with E-state index in [1.54, 1.807) is 52.1 Å². The minimum Gasteiger partial charge on any atom is -0.506 e. The lowest BCUT2D eigenvalue weighted by Gasteiger charge is -2.23. The predicted molar refractivity (Wildman–Crippen MR) is 132 cm³/mol. The van der Waals surface area contributed by atoms with Crippen LogP contribution in [0, 0.1) is 14.3 Å². The molecule has 2 aromatic rings. The molecule has 2 aromatic carbocycles. The van der Waals surface area contributed by atoms with Gasteiger partial charge in [0.15, 0.2) is 5.75 Å². The lowest BCUT2D eigenvalue weighted by molar-refractivity contribution is 0.187. The maximum absolute atomic E-state index is 10.4. The molecule has 0 amide bonds. The van der Waals surface area contributed by atoms with Crippen LogP contribution >= 0.6 is 90.4 Å². The van der Waals surface area contributed by atoms with Gasteiger partial charge in [-0.15, -0.1) is 0 Å². The molecule has 0 saturated heterocycles. The van der Waals surface area contributed by atoms with Crippen molar-refractivity contribution in [3.05, 3.63) is 25.4 Å². The topological polar surface area (TPSA) is 131 Å². The van der Waals surface area contributed by atoms with Gasteiger partial charge in [0.05, 0.1) is 31.5 Å². The molecule has 0 fully saturated rings. The van der Waals surface area contributed by atoms with Crippen LogP contribution in [0.4, 0.5) is 0 Å². The molecule has 0 aliphatic heterocycles. The zero-order chi connectivity index (χ0) is 20.8. The molecule has 0 heterocycles. The fourth-order valence-electron chi connectivity index (χ4n) is 2.45. The van der Waals surface area contributed by atoms with Gasteiger partial charge in [-0.2, -0.15) is 0 Å². The number of aliphatic hydroxyl groups is 1. The average Bonchev–Trinajstić information content (AvgIpc) is 2.60. The maximum Gasteiger partial charge on any atom is 0.154 e. The molecule has 27 heavy (non-hydrogen) atoms. The van der Waals surface area contributed by atoms with E-state index in [1.165, 1.54) is 6.92 Å². The number of aromatic hydroxyl groups is 5. The summed E-state index contributed by atoms with van der Waals surface area (Å²) in [6, 6.07) is 0. The monoisotopic (exact) mass is 826 g/mol. The van der Waals surface area contributed by atoms with Gasteiger partial charge in [0.1, 0.15) is 34.9 Å². The van der Waals surface area contributed by atoms with E-state index in [0.717, 1.165) is 0 Å². The second-order valence-electron chi connectivity index (χ2n) is 5.59. The van der Waals surface area contributed by atoms with Gasteiger partial charge < -0.3 is 35.4 Å². The summed E-state index contributed by atoms with van der Waals surface area (Å²) in [5, 5.41) is 61.1. The number of hydrogen-bond acceptors (Lipinski definition) is 7. The quantitative estimate of drug-likeness (QED) is 0.244. The van der Waals surface area contributed by atoms with Crippen molar-refractivity contribution in [2.75, 3.05) is 0 Å². The summed E-state index contributed by atoms with van der Waals surface area (Å²) in [7, 11) is 0. The maximum atomic E-state index is 10.4. The van der Waals surface area contributed by atoms with Crippen LogP contribution in [-0.4, -0.2) is 30.6 Å². The molecular formula is C16H14I4O7. The number of hydrogen-bond donors (Lipinski definition) is 6. The molecule has 0 aliphatic carbocycles. The first-order valence-electron chi connectivity index (χ1n) is 7.30. The van der Waals surface area contributed by atoms with Crippen LogP contribution in [0.1, 0.15) is 37.2 Å². The van der Waals surface area contributed by atoms with E-state index in [4.69, 9.17) is 4.74 Å². The van der Waals surface area contributed by atoms with E-state index >= 15 is 0 Å². The Morgan fingerprint density at radius 2 is 1.00 bits per heavy atom. The summed E-state index contributed by atoms with van der Waals surface area (Å²) in [6.45, 7) is 2.99. The Morgan fingerprint density at radius 1 is 0.630 bits per heavy atom. The molecule has 148 valence electrons. The standard InChI is InChI=1S/C16H14I4O7/c1-3(21)5-11(22)9(19)16(10(20)12(5)23)27-4(2)6-13(24)7(17)15(26)8(18)14(6)25/h3-4,21-26H,1-2H3. The third kappa shape index (κ3) is 4.20. The van der Waals surface area contributed by atoms with Gasteiger partial charge in [0.25, 0.3) is 0 Å². The molecule has 0 radical (unpaired) electrons. The van der Waals surface area contributed by atoms with Crippen LogP contribution in [-0.2, 0) is 0 Å². The predicted octanol–water partition coefficient (Wildman–Crippen LogP) is 4.83. The minimum atomic E-state index is -1.09. The normalized spacial score (nSPS) is 13.4. The molecule has 2 atom stereocenters. The van der Waals surface area contributed by atoms with Gasteiger partial charge >= 0.3 is 0 Å². The van der Waals surface area contributed by atoms with Gasteiger partial charge in [-0.25, -0.2) is 0 Å². The van der Waals surface area contributed by atoms with Crippen LogP contribution in [0.15, 0.2) is 0 Å². The van der Waals surface area contributed by atoms with Crippen molar-refractivity contribution in [1.82, 2.24) is 0 Å². The van der Waals surface area contributed by atoms with Crippen molar-refractivity contribution >= 4 is 90.4 Å². The number of rotatable bonds is 4. The van der Waals surface area contributed by atoms with Crippen LogP contribution in [0.2, 0.25) is 0 Å². The van der Waals surface area contributed by atoms with E-state index in [9.17, 15) is 30.6 Å². The number of ether oxygens (including phenoxy) is 1. The zero-order valence-corrected chi connectivity index (χ0v) is 22.4. The third-order valence-electron chi connectivity index (χ3n) is 3.79. The van der Waals surface area contributed by atoms with Crippen molar-refractivity contribution in [3.63, 3.8) is 0 Å². The van der Waals surface area contributed by atoms with Crippen LogP contribution in [0.25, 0.3) is 0 Å². The number of aliphatic hydroxyl groups excluding tert-OH is 1. The van der Waals surface area contributed by atoms with E-state index in [0.29, 0.717) is 0 Å². The highest BCUT2D eigenvalue weighted by molar-refractivity contribution is 14.1. The van der Waals surface area contributed by atoms with Gasteiger partial charge in [-0.05, 0) is 104 Å². The molecule has 0 saturated carbocycles. The Labute approximate surface area is 209 Å². The van der Waals surface area contributed by atoms with Gasteiger partial charge in [-0.3, -0.25) is 0 Å². The van der Waals surface area contributed by atoms with Crippen LogP contribution in [0.5, 0.6) is 34.5 Å². The van der Waals surface area contributed by atoms with Gasteiger partial charge in [0.2, 0.25) is 0 Å². The SMILES string of the molecule is CC(O)c1c(O)c(I)c(OC(C)c2c(O)c(I)c(O)c(I)c2O)c(I)c1O. The van der Waals surface area contributed by atoms with E-state index < -0.39 is 12.2 Å². The highest BCUT2D eigenvalue weighted by atomic mass is 127. The second-order valence-corrected chi connectivity index (χ2v) is 9.91. The Morgan fingerprint density at radius 3 is 1.37 bits per heavy atom. The number of phenols is 5. The molecule has 6 N–H and O–H groups in total. The highest BCUT2D eigenvalue weighted by Gasteiger charge is 2.29. The van der Waals surface area contributed by atoms with Crippen molar-refractivity contribution in [3.8, 4) is 34.5 Å². The first-order valence-corrected chi connectivity index (χ1v) is 11.6. The molecule has 2 unspecified atom stereocenters. The summed E-state index contributed by atoms with van der Waals surface area (Å²) in [5.41, 5.74) is 0.0509. The fourth-order valence-corrected chi connectivity index (χ4v) is 5.98. The average molecular weight is 826 g/mol. The lowest BCUT2D eigenvalue weighted by Crippen LogP contribution is -2.09. The Kier molecular flexibility index (Phi) is 7.68. The summed E-state index contributed by atoms with van der Waals surface area (Å²) in [5.74, 6) is -1.36. The van der Waals surface area contributed by atoms with E-state index in [-0.39, 0.29) is 59.9 Å². The first-order chi connectivity index (χ1) is 12.4. The van der Waals surface area contributed by atoms with Crippen LogP contribution in [0.3, 0.4) is 0 Å². The highest BCUT2D eigenvalue weighted by Crippen LogP contribution is 2.50. The van der Waals surface area contributed by atoms with Gasteiger partial charge in [0, 0.05) is 0 Å². The second kappa shape index (κ2) is 8.86. The number of halogens is 4. The van der Waals surface area contributed by atoms with Crippen molar-refractivity contribution in [2.45, 2.75) is 26.1 Å². The summed E-state index contributed by atoms with van der Waals surface area (Å²) >= 11 is 7.16. The Bertz CT molecular complexity index is 857. The van der Waals surface area contributed by atoms with E-state index in [2.05, 4.69) is 0 Å². The van der Waals surface area contributed by atoms with Crippen LogP contribution < -0.4 is 4.74 Å². The smallest absolute Gasteiger partial charge is 0.154 e. The molecule has 0 aromatic heterocycles. The molecular weight excluding hydrogens is 812 g/mol. The molecule has 0 aliphatic rings. The molecule has 0 spiro atoms. The first kappa shape index (κ1) is 23.4. The molecule has 11 heteroatoms. The van der Waals surface area contributed by atoms with Crippen molar-refractivity contribution < 1.29 is 35.4 Å². The third-order valence-corrected chi connectivity index (χ3v) is 7.83. The van der Waals surface area contributed by atoms with E-state index in [1.807, 2.05) is 45.2 Å². The summed E-state index contributed by atoms with van der Waals surface area (Å²) in [4.78, 5) is 0. The molecule has 0 bridgehead atoms. The number of phenolic OH excluding ortho intramolecular Hbond substituents is 5. The van der Waals surface area contributed by atoms with Crippen molar-refractivity contribution in [1.29, 1.82) is 0 Å². The summed E-state index contributed by atoms with van der Waals surface area (Å²) < 4.78 is 6.71. The van der Waals surface area contributed by atoms with Crippen molar-refractivity contribution in [2.24, 2.45) is 0 Å². The molecule has 7 nitrogen and oxygen atoms in total. The minimum absolute atomic E-state index is 0.0109. The lowest BCUT2D eigenvalue weighted by atomic mass is 10.1. The van der Waals surface area contributed by atoms with Gasteiger partial charge in [-0.1, -0.05) is 0 Å². The Hall–Kier alpha value is 0.120. The summed E-state index contributed by atoms with van der Waals surface area (Å²) in [6.07, 6.45) is -1.97. The Balaban J connectivity index is 2.60. The number of benzene rings is 2. The molecule has 2 rings (SSSR count). The fraction of sp³-hybridized carbons (Fsp3) is 0.250. The zero-order valence-electron chi connectivity index (χ0n) is 13.8.